The molecule has 0 aliphatic carbocycles. The minimum Gasteiger partial charge on any atom is -0.301 e. The predicted octanol–water partition coefficient (Wildman–Crippen LogP) is 3.93. The first-order valence-electron chi connectivity index (χ1n) is 6.82. The van der Waals surface area contributed by atoms with Gasteiger partial charge in [-0.3, -0.25) is 4.79 Å². The predicted molar refractivity (Wildman–Crippen MR) is 75.9 cm³/mol. The van der Waals surface area contributed by atoms with Gasteiger partial charge < -0.3 is 5.32 Å². The van der Waals surface area contributed by atoms with Crippen molar-refractivity contribution in [3.8, 4) is 0 Å². The highest BCUT2D eigenvalue weighted by molar-refractivity contribution is 7.15. The number of nitrogens with zero attached hydrogens (tertiary/aromatic N) is 2. The zero-order valence-electron chi connectivity index (χ0n) is 11.4. The monoisotopic (exact) mass is 269 g/mol. The summed E-state index contributed by atoms with van der Waals surface area (Å²) in [4.78, 5) is 11.6. The van der Waals surface area contributed by atoms with E-state index in [-0.39, 0.29) is 5.91 Å². The summed E-state index contributed by atoms with van der Waals surface area (Å²) in [5.74, 6) is 0.0553. The van der Waals surface area contributed by atoms with Gasteiger partial charge >= 0.3 is 0 Å². The molecule has 0 aliphatic rings. The highest BCUT2D eigenvalue weighted by Gasteiger charge is 2.05. The van der Waals surface area contributed by atoms with Gasteiger partial charge in [0.2, 0.25) is 11.0 Å². The average molecular weight is 269 g/mol. The summed E-state index contributed by atoms with van der Waals surface area (Å²) < 4.78 is 0. The molecule has 0 bridgehead atoms. The van der Waals surface area contributed by atoms with Crippen molar-refractivity contribution in [2.24, 2.45) is 0 Å². The van der Waals surface area contributed by atoms with Crippen LogP contribution in [0.15, 0.2) is 0 Å². The van der Waals surface area contributed by atoms with Crippen LogP contribution >= 0.6 is 11.3 Å². The number of rotatable bonds is 9. The van der Waals surface area contributed by atoms with E-state index < -0.39 is 0 Å². The Labute approximate surface area is 113 Å². The van der Waals surface area contributed by atoms with E-state index in [1.54, 1.807) is 0 Å². The lowest BCUT2D eigenvalue weighted by atomic mass is 10.1. The standard InChI is InChI=1S/C13H23N3OS/c1-3-4-5-6-7-8-9-10-12(17)14-13-16-15-11(2)18-13/h3-10H2,1-2H3,(H,14,16,17). The maximum absolute atomic E-state index is 11.6. The summed E-state index contributed by atoms with van der Waals surface area (Å²) in [5, 5.41) is 12.0. The summed E-state index contributed by atoms with van der Waals surface area (Å²) >= 11 is 1.41. The number of carbonyl (C=O) groups excluding carboxylic acids is 1. The molecular formula is C13H23N3OS. The first kappa shape index (κ1) is 15.1. The number of amides is 1. The second kappa shape index (κ2) is 9.03. The smallest absolute Gasteiger partial charge is 0.226 e. The van der Waals surface area contributed by atoms with Gasteiger partial charge in [-0.1, -0.05) is 56.8 Å². The average Bonchev–Trinajstić information content (AvgIpc) is 2.73. The Hall–Kier alpha value is -0.970. The van der Waals surface area contributed by atoms with Crippen molar-refractivity contribution in [1.82, 2.24) is 10.2 Å². The van der Waals surface area contributed by atoms with Crippen LogP contribution in [0.4, 0.5) is 5.13 Å². The number of anilines is 1. The lowest BCUT2D eigenvalue weighted by Gasteiger charge is -2.01. The normalized spacial score (nSPS) is 10.6. The molecule has 0 unspecified atom stereocenters. The van der Waals surface area contributed by atoms with E-state index in [1.165, 1.54) is 43.4 Å². The largest absolute Gasteiger partial charge is 0.301 e. The first-order valence-corrected chi connectivity index (χ1v) is 7.64. The van der Waals surface area contributed by atoms with Crippen LogP contribution < -0.4 is 5.32 Å². The van der Waals surface area contributed by atoms with Crippen LogP contribution in [0.3, 0.4) is 0 Å². The molecule has 1 amide bonds. The maximum Gasteiger partial charge on any atom is 0.226 e. The molecule has 102 valence electrons. The van der Waals surface area contributed by atoms with E-state index in [2.05, 4.69) is 22.4 Å². The Kier molecular flexibility index (Phi) is 7.57. The second-order valence-corrected chi connectivity index (χ2v) is 5.73. The molecule has 1 aromatic rings. The molecule has 0 aromatic carbocycles. The van der Waals surface area contributed by atoms with E-state index in [0.717, 1.165) is 17.8 Å². The van der Waals surface area contributed by atoms with Gasteiger partial charge in [-0.15, -0.1) is 10.2 Å². The number of hydrogen-bond donors (Lipinski definition) is 1. The molecule has 0 atom stereocenters. The van der Waals surface area contributed by atoms with Crippen molar-refractivity contribution >= 4 is 22.4 Å². The number of hydrogen-bond acceptors (Lipinski definition) is 4. The van der Waals surface area contributed by atoms with Crippen LogP contribution in [0.25, 0.3) is 0 Å². The lowest BCUT2D eigenvalue weighted by molar-refractivity contribution is -0.116. The SMILES string of the molecule is CCCCCCCCCC(=O)Nc1nnc(C)s1. The molecule has 1 heterocycles. The van der Waals surface area contributed by atoms with Crippen LogP contribution in [-0.4, -0.2) is 16.1 Å². The minimum absolute atomic E-state index is 0.0553. The van der Waals surface area contributed by atoms with Crippen molar-refractivity contribution in [3.63, 3.8) is 0 Å². The molecular weight excluding hydrogens is 246 g/mol. The molecule has 0 saturated heterocycles. The van der Waals surface area contributed by atoms with Crippen LogP contribution in [0.1, 0.15) is 63.3 Å². The fraction of sp³-hybridized carbons (Fsp3) is 0.769. The van der Waals surface area contributed by atoms with E-state index in [0.29, 0.717) is 11.6 Å². The molecule has 0 aliphatic heterocycles. The van der Waals surface area contributed by atoms with Crippen molar-refractivity contribution in [2.45, 2.75) is 65.2 Å². The van der Waals surface area contributed by atoms with Crippen molar-refractivity contribution in [1.29, 1.82) is 0 Å². The Morgan fingerprint density at radius 3 is 2.39 bits per heavy atom. The van der Waals surface area contributed by atoms with Crippen LogP contribution in [-0.2, 0) is 4.79 Å². The Bertz CT molecular complexity index is 352. The number of carbonyl (C=O) groups is 1. The Balaban J connectivity index is 2.00. The highest BCUT2D eigenvalue weighted by atomic mass is 32.1. The van der Waals surface area contributed by atoms with Gasteiger partial charge in [0.15, 0.2) is 0 Å². The topological polar surface area (TPSA) is 54.9 Å². The molecule has 0 fully saturated rings. The van der Waals surface area contributed by atoms with E-state index in [1.807, 2.05) is 6.92 Å². The third kappa shape index (κ3) is 6.69. The molecule has 5 heteroatoms. The summed E-state index contributed by atoms with van der Waals surface area (Å²) in [6.45, 7) is 4.10. The fourth-order valence-corrected chi connectivity index (χ4v) is 2.38. The van der Waals surface area contributed by atoms with Gasteiger partial charge in [-0.05, 0) is 13.3 Å². The summed E-state index contributed by atoms with van der Waals surface area (Å²) in [6, 6.07) is 0. The van der Waals surface area contributed by atoms with Crippen LogP contribution in [0.2, 0.25) is 0 Å². The quantitative estimate of drug-likeness (QED) is 0.691. The van der Waals surface area contributed by atoms with Gasteiger partial charge in [-0.2, -0.15) is 0 Å². The Morgan fingerprint density at radius 2 is 1.78 bits per heavy atom. The van der Waals surface area contributed by atoms with E-state index in [9.17, 15) is 4.79 Å². The van der Waals surface area contributed by atoms with Crippen LogP contribution in [0, 0.1) is 6.92 Å². The molecule has 18 heavy (non-hydrogen) atoms. The first-order chi connectivity index (χ1) is 8.72. The zero-order valence-corrected chi connectivity index (χ0v) is 12.2. The molecule has 4 nitrogen and oxygen atoms in total. The molecule has 0 saturated carbocycles. The highest BCUT2D eigenvalue weighted by Crippen LogP contribution is 2.14. The second-order valence-electron chi connectivity index (χ2n) is 4.55. The van der Waals surface area contributed by atoms with Crippen LogP contribution in [0.5, 0.6) is 0 Å². The van der Waals surface area contributed by atoms with Gasteiger partial charge in [0.25, 0.3) is 0 Å². The van der Waals surface area contributed by atoms with E-state index >= 15 is 0 Å². The summed E-state index contributed by atoms with van der Waals surface area (Å²) in [5.41, 5.74) is 0. The number of aromatic nitrogens is 2. The van der Waals surface area contributed by atoms with Gasteiger partial charge in [0.1, 0.15) is 5.01 Å². The molecule has 0 spiro atoms. The summed E-state index contributed by atoms with van der Waals surface area (Å²) in [6.07, 6.45) is 9.18. The molecule has 1 rings (SSSR count). The maximum atomic E-state index is 11.6. The molecule has 1 aromatic heterocycles. The fourth-order valence-electron chi connectivity index (χ4n) is 1.77. The zero-order chi connectivity index (χ0) is 13.2. The van der Waals surface area contributed by atoms with Crippen molar-refractivity contribution in [3.05, 3.63) is 5.01 Å². The third-order valence-electron chi connectivity index (χ3n) is 2.78. The molecule has 0 radical (unpaired) electrons. The Morgan fingerprint density at radius 1 is 1.11 bits per heavy atom. The molecule has 1 N–H and O–H groups in total. The lowest BCUT2D eigenvalue weighted by Crippen LogP contribution is -2.10. The minimum atomic E-state index is 0.0553. The third-order valence-corrected chi connectivity index (χ3v) is 3.53. The number of aryl methyl sites for hydroxylation is 1. The number of unbranched alkanes of at least 4 members (excludes halogenated alkanes) is 6. The van der Waals surface area contributed by atoms with Crippen molar-refractivity contribution < 1.29 is 4.79 Å². The van der Waals surface area contributed by atoms with Gasteiger partial charge in [-0.25, -0.2) is 0 Å². The van der Waals surface area contributed by atoms with E-state index in [4.69, 9.17) is 0 Å². The number of nitrogens with one attached hydrogen (secondary N) is 1. The van der Waals surface area contributed by atoms with Gasteiger partial charge in [0, 0.05) is 6.42 Å². The van der Waals surface area contributed by atoms with Gasteiger partial charge in [0.05, 0.1) is 0 Å². The van der Waals surface area contributed by atoms with Crippen molar-refractivity contribution in [2.75, 3.05) is 5.32 Å². The summed E-state index contributed by atoms with van der Waals surface area (Å²) in [7, 11) is 0.